The van der Waals surface area contributed by atoms with Gasteiger partial charge in [-0.05, 0) is 31.1 Å². The first-order valence-corrected chi connectivity index (χ1v) is 4.97. The first-order valence-electron chi connectivity index (χ1n) is 4.97. The zero-order chi connectivity index (χ0) is 11.1. The molecule has 80 valence electrons. The number of anilines is 1. The minimum atomic E-state index is -0.809. The summed E-state index contributed by atoms with van der Waals surface area (Å²) in [6.45, 7) is 4.10. The third-order valence-corrected chi connectivity index (χ3v) is 2.91. The van der Waals surface area contributed by atoms with E-state index in [1.807, 2.05) is 19.2 Å². The molecule has 0 aromatic heterocycles. The number of nitrogens with two attached hydrogens (primary N) is 1. The second-order valence-electron chi connectivity index (χ2n) is 3.92. The molecule has 3 heteroatoms. The summed E-state index contributed by atoms with van der Waals surface area (Å²) in [5.74, 6) is 0. The number of hydrogen-bond acceptors (Lipinski definition) is 3. The molecule has 1 aromatic carbocycles. The number of nitrogens with one attached hydrogen (secondary N) is 1. The fourth-order valence-electron chi connectivity index (χ4n) is 2.00. The van der Waals surface area contributed by atoms with Crippen molar-refractivity contribution >= 4 is 5.69 Å². The molecule has 0 saturated carbocycles. The van der Waals surface area contributed by atoms with Crippen LogP contribution in [0.1, 0.15) is 16.7 Å². The van der Waals surface area contributed by atoms with Gasteiger partial charge in [0.15, 0.2) is 5.72 Å². The van der Waals surface area contributed by atoms with Crippen LogP contribution in [0.15, 0.2) is 24.4 Å². The second-order valence-corrected chi connectivity index (χ2v) is 3.92. The minimum absolute atomic E-state index is 0.809. The molecule has 3 nitrogen and oxygen atoms in total. The van der Waals surface area contributed by atoms with Gasteiger partial charge in [-0.2, -0.15) is 0 Å². The molecule has 1 unspecified atom stereocenters. The van der Waals surface area contributed by atoms with Crippen LogP contribution in [0.4, 0.5) is 5.69 Å². The SMILES string of the molecule is COC1(N)C=CNc2c(C)ccc(C)c21. The molecule has 1 heterocycles. The highest BCUT2D eigenvalue weighted by molar-refractivity contribution is 5.66. The fraction of sp³-hybridized carbons (Fsp3) is 0.333. The van der Waals surface area contributed by atoms with E-state index in [9.17, 15) is 0 Å². The van der Waals surface area contributed by atoms with Crippen LogP contribution in [0.5, 0.6) is 0 Å². The summed E-state index contributed by atoms with van der Waals surface area (Å²) >= 11 is 0. The van der Waals surface area contributed by atoms with E-state index in [4.69, 9.17) is 10.5 Å². The number of rotatable bonds is 1. The molecular formula is C12H16N2O. The molecule has 1 aromatic rings. The number of hydrogen-bond donors (Lipinski definition) is 2. The lowest BCUT2D eigenvalue weighted by Gasteiger charge is -2.32. The van der Waals surface area contributed by atoms with Gasteiger partial charge in [0.1, 0.15) is 0 Å². The molecule has 0 spiro atoms. The molecule has 1 atom stereocenters. The smallest absolute Gasteiger partial charge is 0.165 e. The van der Waals surface area contributed by atoms with Crippen LogP contribution in [-0.4, -0.2) is 7.11 Å². The van der Waals surface area contributed by atoms with Crippen LogP contribution in [0.25, 0.3) is 0 Å². The van der Waals surface area contributed by atoms with Gasteiger partial charge < -0.3 is 10.1 Å². The van der Waals surface area contributed by atoms with Crippen LogP contribution in [0, 0.1) is 13.8 Å². The topological polar surface area (TPSA) is 47.3 Å². The molecule has 15 heavy (non-hydrogen) atoms. The van der Waals surface area contributed by atoms with Gasteiger partial charge in [0.05, 0.1) is 0 Å². The highest BCUT2D eigenvalue weighted by Crippen LogP contribution is 2.36. The molecule has 0 aliphatic carbocycles. The van der Waals surface area contributed by atoms with Crippen molar-refractivity contribution in [3.63, 3.8) is 0 Å². The maximum atomic E-state index is 6.19. The lowest BCUT2D eigenvalue weighted by Crippen LogP contribution is -2.40. The second kappa shape index (κ2) is 3.36. The number of fused-ring (bicyclic) bond motifs is 1. The van der Waals surface area contributed by atoms with Gasteiger partial charge in [0.25, 0.3) is 0 Å². The van der Waals surface area contributed by atoms with Gasteiger partial charge in [0, 0.05) is 24.6 Å². The maximum Gasteiger partial charge on any atom is 0.165 e. The summed E-state index contributed by atoms with van der Waals surface area (Å²) in [7, 11) is 1.63. The van der Waals surface area contributed by atoms with Crippen molar-refractivity contribution in [1.29, 1.82) is 0 Å². The highest BCUT2D eigenvalue weighted by Gasteiger charge is 2.31. The van der Waals surface area contributed by atoms with Gasteiger partial charge in [-0.15, -0.1) is 0 Å². The van der Waals surface area contributed by atoms with E-state index in [0.717, 1.165) is 16.8 Å². The Morgan fingerprint density at radius 1 is 1.27 bits per heavy atom. The minimum Gasteiger partial charge on any atom is -0.361 e. The number of aryl methyl sites for hydroxylation is 2. The summed E-state index contributed by atoms with van der Waals surface area (Å²) in [4.78, 5) is 0. The third-order valence-electron chi connectivity index (χ3n) is 2.91. The standard InChI is InChI=1S/C12H16N2O/c1-8-4-5-9(2)11-10(8)12(13,15-3)6-7-14-11/h4-7,14H,13H2,1-3H3. The predicted molar refractivity (Wildman–Crippen MR) is 61.6 cm³/mol. The van der Waals surface area contributed by atoms with Gasteiger partial charge in [-0.3, -0.25) is 5.73 Å². The Hall–Kier alpha value is -1.32. The van der Waals surface area contributed by atoms with Crippen molar-refractivity contribution in [3.05, 3.63) is 41.1 Å². The first kappa shape index (κ1) is 10.2. The van der Waals surface area contributed by atoms with E-state index in [1.54, 1.807) is 7.11 Å². The quantitative estimate of drug-likeness (QED) is 0.688. The van der Waals surface area contributed by atoms with Crippen LogP contribution in [-0.2, 0) is 10.5 Å². The Bertz CT molecular complexity index is 426. The summed E-state index contributed by atoms with van der Waals surface area (Å²) in [6.07, 6.45) is 3.67. The zero-order valence-electron chi connectivity index (χ0n) is 9.29. The van der Waals surface area contributed by atoms with Gasteiger partial charge in [-0.1, -0.05) is 12.1 Å². The van der Waals surface area contributed by atoms with Crippen molar-refractivity contribution in [2.24, 2.45) is 5.73 Å². The van der Waals surface area contributed by atoms with E-state index < -0.39 is 5.72 Å². The lowest BCUT2D eigenvalue weighted by molar-refractivity contribution is 0.0339. The highest BCUT2D eigenvalue weighted by atomic mass is 16.5. The van der Waals surface area contributed by atoms with Crippen molar-refractivity contribution in [2.45, 2.75) is 19.6 Å². The van der Waals surface area contributed by atoms with E-state index in [1.165, 1.54) is 5.56 Å². The van der Waals surface area contributed by atoms with Crippen LogP contribution in [0.3, 0.4) is 0 Å². The molecule has 3 N–H and O–H groups in total. The monoisotopic (exact) mass is 204 g/mol. The molecule has 0 saturated heterocycles. The number of ether oxygens (including phenoxy) is 1. The average Bonchev–Trinajstić information content (AvgIpc) is 2.24. The van der Waals surface area contributed by atoms with Crippen molar-refractivity contribution in [3.8, 4) is 0 Å². The van der Waals surface area contributed by atoms with Gasteiger partial charge in [-0.25, -0.2) is 0 Å². The molecule has 1 aliphatic rings. The molecule has 0 fully saturated rings. The van der Waals surface area contributed by atoms with Crippen molar-refractivity contribution in [2.75, 3.05) is 12.4 Å². The van der Waals surface area contributed by atoms with E-state index in [0.29, 0.717) is 0 Å². The molecule has 1 aliphatic heterocycles. The Morgan fingerprint density at radius 2 is 1.93 bits per heavy atom. The van der Waals surface area contributed by atoms with Crippen LogP contribution < -0.4 is 11.1 Å². The zero-order valence-corrected chi connectivity index (χ0v) is 9.29. The Balaban J connectivity index is 2.69. The average molecular weight is 204 g/mol. The van der Waals surface area contributed by atoms with Crippen LogP contribution in [0.2, 0.25) is 0 Å². The molecule has 0 bridgehead atoms. The Morgan fingerprint density at radius 3 is 2.60 bits per heavy atom. The van der Waals surface area contributed by atoms with Crippen LogP contribution >= 0.6 is 0 Å². The lowest BCUT2D eigenvalue weighted by atomic mass is 9.91. The number of methoxy groups -OCH3 is 1. The predicted octanol–water partition coefficient (Wildman–Crippen LogP) is 2.00. The number of benzene rings is 1. The Kier molecular flexibility index (Phi) is 2.29. The van der Waals surface area contributed by atoms with Crippen molar-refractivity contribution < 1.29 is 4.74 Å². The summed E-state index contributed by atoms with van der Waals surface area (Å²) in [5.41, 5.74) is 9.77. The van der Waals surface area contributed by atoms with Crippen molar-refractivity contribution in [1.82, 2.24) is 0 Å². The molecule has 0 amide bonds. The fourth-order valence-corrected chi connectivity index (χ4v) is 2.00. The third kappa shape index (κ3) is 1.44. The van der Waals surface area contributed by atoms with Gasteiger partial charge in [0.2, 0.25) is 0 Å². The summed E-state index contributed by atoms with van der Waals surface area (Å²) < 4.78 is 5.39. The molecule has 2 rings (SSSR count). The maximum absolute atomic E-state index is 6.19. The van der Waals surface area contributed by atoms with E-state index in [-0.39, 0.29) is 0 Å². The van der Waals surface area contributed by atoms with Gasteiger partial charge >= 0.3 is 0 Å². The molecular weight excluding hydrogens is 188 g/mol. The van der Waals surface area contributed by atoms with E-state index in [2.05, 4.69) is 24.4 Å². The summed E-state index contributed by atoms with van der Waals surface area (Å²) in [5, 5.41) is 3.22. The molecule has 0 radical (unpaired) electrons. The summed E-state index contributed by atoms with van der Waals surface area (Å²) in [6, 6.07) is 4.14. The largest absolute Gasteiger partial charge is 0.361 e. The first-order chi connectivity index (χ1) is 7.08. The Labute approximate surface area is 89.9 Å². The normalized spacial score (nSPS) is 23.5. The van der Waals surface area contributed by atoms with E-state index >= 15 is 0 Å².